The van der Waals surface area contributed by atoms with Crippen LogP contribution in [0.2, 0.25) is 0 Å². The van der Waals surface area contributed by atoms with Gasteiger partial charge in [0.25, 0.3) is 0 Å². The Hall–Kier alpha value is -1.35. The molecule has 0 radical (unpaired) electrons. The third kappa shape index (κ3) is 3.07. The summed E-state index contributed by atoms with van der Waals surface area (Å²) in [5, 5.41) is 3.49. The van der Waals surface area contributed by atoms with E-state index in [9.17, 15) is 0 Å². The molecule has 1 aliphatic rings. The van der Waals surface area contributed by atoms with Crippen molar-refractivity contribution in [1.82, 2.24) is 10.3 Å². The number of anilines is 1. The monoisotopic (exact) mass is 217 g/mol. The van der Waals surface area contributed by atoms with Crippen LogP contribution in [0.3, 0.4) is 0 Å². The number of rotatable bonds is 5. The van der Waals surface area contributed by atoms with Gasteiger partial charge in [0.15, 0.2) is 0 Å². The van der Waals surface area contributed by atoms with Crippen molar-refractivity contribution in [2.45, 2.75) is 32.2 Å². The van der Waals surface area contributed by atoms with E-state index >= 15 is 0 Å². The molecule has 0 bridgehead atoms. The van der Waals surface area contributed by atoms with Gasteiger partial charge in [0.2, 0.25) is 0 Å². The summed E-state index contributed by atoms with van der Waals surface area (Å²) in [6, 6.07) is 2.63. The normalized spacial score (nSPS) is 16.4. The third-order valence-electron chi connectivity index (χ3n) is 2.88. The van der Waals surface area contributed by atoms with Crippen LogP contribution in [-0.4, -0.2) is 17.6 Å². The first-order chi connectivity index (χ1) is 7.77. The van der Waals surface area contributed by atoms with Crippen LogP contribution in [0.5, 0.6) is 0 Å². The van der Waals surface area contributed by atoms with Crippen molar-refractivity contribution in [2.24, 2.45) is 0 Å². The molecule has 0 aromatic carbocycles. The van der Waals surface area contributed by atoms with Gasteiger partial charge >= 0.3 is 0 Å². The number of allylic oxidation sites excluding steroid dienone is 1. The molecule has 1 aromatic heterocycles. The summed E-state index contributed by atoms with van der Waals surface area (Å²) < 4.78 is 0. The summed E-state index contributed by atoms with van der Waals surface area (Å²) in [5.41, 5.74) is 8.95. The Labute approximate surface area is 96.8 Å². The molecule has 0 unspecified atom stereocenters. The Bertz CT molecular complexity index is 381. The lowest BCUT2D eigenvalue weighted by molar-refractivity contribution is 0.690. The molecule has 16 heavy (non-hydrogen) atoms. The predicted molar refractivity (Wildman–Crippen MR) is 67.9 cm³/mol. The van der Waals surface area contributed by atoms with E-state index in [4.69, 9.17) is 5.73 Å². The fraction of sp³-hybridized carbons (Fsp3) is 0.462. The van der Waals surface area contributed by atoms with Crippen molar-refractivity contribution in [1.29, 1.82) is 0 Å². The molecule has 0 amide bonds. The largest absolute Gasteiger partial charge is 0.398 e. The highest BCUT2D eigenvalue weighted by molar-refractivity contribution is 5.72. The first-order valence-corrected chi connectivity index (χ1v) is 5.87. The minimum absolute atomic E-state index is 0.789. The van der Waals surface area contributed by atoms with E-state index in [0.29, 0.717) is 0 Å². The second-order valence-electron chi connectivity index (χ2n) is 4.37. The maximum atomic E-state index is 5.89. The first-order valence-electron chi connectivity index (χ1n) is 5.87. The van der Waals surface area contributed by atoms with E-state index in [1.54, 1.807) is 6.20 Å². The van der Waals surface area contributed by atoms with Crippen LogP contribution in [0.25, 0.3) is 5.57 Å². The molecule has 1 aromatic rings. The molecule has 1 aliphatic carbocycles. The lowest BCUT2D eigenvalue weighted by Crippen LogP contribution is -2.16. The fourth-order valence-electron chi connectivity index (χ4n) is 1.71. The Balaban J connectivity index is 1.87. The molecular formula is C13H19N3. The van der Waals surface area contributed by atoms with Crippen molar-refractivity contribution in [2.75, 3.05) is 12.3 Å². The van der Waals surface area contributed by atoms with E-state index in [1.807, 2.05) is 12.3 Å². The minimum atomic E-state index is 0.789. The van der Waals surface area contributed by atoms with Gasteiger partial charge in [0, 0.05) is 29.7 Å². The maximum absolute atomic E-state index is 5.89. The lowest BCUT2D eigenvalue weighted by atomic mass is 10.1. The molecule has 1 saturated carbocycles. The van der Waals surface area contributed by atoms with Crippen molar-refractivity contribution < 1.29 is 0 Å². The van der Waals surface area contributed by atoms with Crippen molar-refractivity contribution in [3.63, 3.8) is 0 Å². The van der Waals surface area contributed by atoms with E-state index < -0.39 is 0 Å². The van der Waals surface area contributed by atoms with Crippen molar-refractivity contribution in [3.05, 3.63) is 30.1 Å². The van der Waals surface area contributed by atoms with Gasteiger partial charge in [-0.3, -0.25) is 4.98 Å². The zero-order valence-electron chi connectivity index (χ0n) is 9.74. The number of hydrogen-bond acceptors (Lipinski definition) is 3. The number of pyridine rings is 1. The molecule has 0 atom stereocenters. The number of nitrogen functional groups attached to an aromatic ring is 1. The smallest absolute Gasteiger partial charge is 0.0421 e. The molecule has 0 aliphatic heterocycles. The zero-order valence-corrected chi connectivity index (χ0v) is 9.74. The summed E-state index contributed by atoms with van der Waals surface area (Å²) in [6.07, 6.45) is 9.52. The average Bonchev–Trinajstić information content (AvgIpc) is 3.08. The molecule has 3 heteroatoms. The van der Waals surface area contributed by atoms with E-state index in [0.717, 1.165) is 30.3 Å². The lowest BCUT2D eigenvalue weighted by Gasteiger charge is -2.05. The number of nitrogens with one attached hydrogen (secondary N) is 1. The standard InChI is InChI=1S/C13H19N3/c1-10(3-2-7-16-11-4-5-11)12-9-15-8-6-13(12)14/h3,6,8-9,11,16H,2,4-5,7H2,1H3,(H2,14,15). The predicted octanol–water partition coefficient (Wildman–Crippen LogP) is 2.21. The topological polar surface area (TPSA) is 50.9 Å². The second kappa shape index (κ2) is 5.12. The van der Waals surface area contributed by atoms with Gasteiger partial charge in [-0.25, -0.2) is 0 Å². The molecule has 1 heterocycles. The summed E-state index contributed by atoms with van der Waals surface area (Å²) in [5.74, 6) is 0. The van der Waals surface area contributed by atoms with Crippen LogP contribution < -0.4 is 11.1 Å². The summed E-state index contributed by atoms with van der Waals surface area (Å²) in [6.45, 7) is 3.15. The van der Waals surface area contributed by atoms with Gasteiger partial charge < -0.3 is 11.1 Å². The van der Waals surface area contributed by atoms with E-state index in [2.05, 4.69) is 23.3 Å². The highest BCUT2D eigenvalue weighted by Crippen LogP contribution is 2.20. The maximum Gasteiger partial charge on any atom is 0.0421 e. The highest BCUT2D eigenvalue weighted by atomic mass is 14.9. The fourth-order valence-corrected chi connectivity index (χ4v) is 1.71. The molecule has 0 spiro atoms. The van der Waals surface area contributed by atoms with Crippen LogP contribution in [-0.2, 0) is 0 Å². The van der Waals surface area contributed by atoms with Crippen LogP contribution in [0.15, 0.2) is 24.5 Å². The van der Waals surface area contributed by atoms with Crippen molar-refractivity contribution >= 4 is 11.3 Å². The van der Waals surface area contributed by atoms with Crippen molar-refractivity contribution in [3.8, 4) is 0 Å². The molecule has 3 nitrogen and oxygen atoms in total. The molecule has 86 valence electrons. The average molecular weight is 217 g/mol. The molecule has 0 saturated heterocycles. The Kier molecular flexibility index (Phi) is 3.57. The van der Waals surface area contributed by atoms with Gasteiger partial charge in [-0.2, -0.15) is 0 Å². The second-order valence-corrected chi connectivity index (χ2v) is 4.37. The Morgan fingerprint density at radius 1 is 1.62 bits per heavy atom. The first kappa shape index (κ1) is 11.1. The van der Waals surface area contributed by atoms with Crippen LogP contribution in [0, 0.1) is 0 Å². The number of aromatic nitrogens is 1. The number of nitrogens with zero attached hydrogens (tertiary/aromatic N) is 1. The Morgan fingerprint density at radius 3 is 3.12 bits per heavy atom. The van der Waals surface area contributed by atoms with E-state index in [-0.39, 0.29) is 0 Å². The van der Waals surface area contributed by atoms with Crippen LogP contribution in [0.1, 0.15) is 31.7 Å². The molecular weight excluding hydrogens is 198 g/mol. The number of hydrogen-bond donors (Lipinski definition) is 2. The minimum Gasteiger partial charge on any atom is -0.398 e. The molecule has 2 rings (SSSR count). The van der Waals surface area contributed by atoms with Gasteiger partial charge in [0.1, 0.15) is 0 Å². The molecule has 1 fully saturated rings. The SMILES string of the molecule is CC(=CCCNC1CC1)c1cnccc1N. The summed E-state index contributed by atoms with van der Waals surface area (Å²) in [7, 11) is 0. The highest BCUT2D eigenvalue weighted by Gasteiger charge is 2.19. The Morgan fingerprint density at radius 2 is 2.44 bits per heavy atom. The third-order valence-corrected chi connectivity index (χ3v) is 2.88. The van der Waals surface area contributed by atoms with Crippen LogP contribution >= 0.6 is 0 Å². The molecule has 3 N–H and O–H groups in total. The van der Waals surface area contributed by atoms with Gasteiger partial charge in [-0.05, 0) is 44.4 Å². The van der Waals surface area contributed by atoms with Gasteiger partial charge in [-0.15, -0.1) is 0 Å². The summed E-state index contributed by atoms with van der Waals surface area (Å²) >= 11 is 0. The van der Waals surface area contributed by atoms with Crippen LogP contribution in [0.4, 0.5) is 5.69 Å². The summed E-state index contributed by atoms with van der Waals surface area (Å²) in [4.78, 5) is 4.10. The van der Waals surface area contributed by atoms with Gasteiger partial charge in [0.05, 0.1) is 0 Å². The zero-order chi connectivity index (χ0) is 11.4. The van der Waals surface area contributed by atoms with Gasteiger partial charge in [-0.1, -0.05) is 6.08 Å². The van der Waals surface area contributed by atoms with E-state index in [1.165, 1.54) is 18.4 Å². The quantitative estimate of drug-likeness (QED) is 0.743. The number of nitrogens with two attached hydrogens (primary N) is 1.